The summed E-state index contributed by atoms with van der Waals surface area (Å²) in [5.41, 5.74) is 4.85. The zero-order chi connectivity index (χ0) is 27.4. The Labute approximate surface area is 226 Å². The van der Waals surface area contributed by atoms with Crippen LogP contribution in [-0.4, -0.2) is 73.1 Å². The molecule has 2 N–H and O–H groups in total. The molecule has 2 heterocycles. The van der Waals surface area contributed by atoms with Crippen molar-refractivity contribution in [2.75, 3.05) is 33.2 Å². The lowest BCUT2D eigenvalue weighted by molar-refractivity contribution is -0.148. The molecule has 0 spiro atoms. The predicted molar refractivity (Wildman–Crippen MR) is 148 cm³/mol. The maximum atomic E-state index is 13.4. The van der Waals surface area contributed by atoms with Crippen LogP contribution in [0.3, 0.4) is 0 Å². The molecule has 0 aliphatic carbocycles. The highest BCUT2D eigenvalue weighted by Gasteiger charge is 2.35. The number of fused-ring (bicyclic) bond motifs is 1. The number of hydrogen-bond donors (Lipinski definition) is 2. The first kappa shape index (κ1) is 28.3. The summed E-state index contributed by atoms with van der Waals surface area (Å²) in [7, 11) is 1.10. The van der Waals surface area contributed by atoms with Gasteiger partial charge in [-0.25, -0.2) is 4.79 Å². The molecule has 1 atom stereocenters. The highest BCUT2D eigenvalue weighted by atomic mass is 16.5. The van der Waals surface area contributed by atoms with Gasteiger partial charge in [-0.3, -0.25) is 9.69 Å². The third-order valence-electron chi connectivity index (χ3n) is 7.42. The number of esters is 1. The second-order valence-electron chi connectivity index (χ2n) is 11.1. The average molecular weight is 521 g/mol. The fourth-order valence-corrected chi connectivity index (χ4v) is 5.21. The molecule has 0 saturated carbocycles. The van der Waals surface area contributed by atoms with E-state index in [4.69, 9.17) is 9.39 Å². The van der Waals surface area contributed by atoms with E-state index in [1.165, 1.54) is 5.56 Å². The molecule has 2 aliphatic heterocycles. The Morgan fingerprint density at radius 3 is 2.47 bits per heavy atom. The molecule has 0 aromatic heterocycles. The van der Waals surface area contributed by atoms with Gasteiger partial charge in [-0.15, -0.1) is 0 Å². The van der Waals surface area contributed by atoms with E-state index in [0.29, 0.717) is 17.6 Å². The number of ether oxygens (including phenoxy) is 1. The quantitative estimate of drug-likeness (QED) is 0.387. The van der Waals surface area contributed by atoms with Crippen molar-refractivity contribution in [3.63, 3.8) is 0 Å². The summed E-state index contributed by atoms with van der Waals surface area (Å²) in [5.74, 6) is -1.00. The van der Waals surface area contributed by atoms with Gasteiger partial charge in [0.15, 0.2) is 0 Å². The summed E-state index contributed by atoms with van der Waals surface area (Å²) in [6.45, 7) is 13.3. The summed E-state index contributed by atoms with van der Waals surface area (Å²) in [5, 5.41) is 13.2. The standard InChI is InChI=1S/C29H40BN3O5/c1-19(2)25-24(10-9-23-18-38-30(36)26(23)25)28(34)31-27(20(3)4)29(35)37-17-22-8-6-7-21(15-22)16-33-13-11-32(5)12-14-33/h6-10,15,19-20,27,36H,11-14,16-18H2,1-5H3,(H,31,34)/t27-/m0/s1. The summed E-state index contributed by atoms with van der Waals surface area (Å²) < 4.78 is 11.1. The molecule has 0 radical (unpaired) electrons. The van der Waals surface area contributed by atoms with Crippen LogP contribution in [-0.2, 0) is 33.9 Å². The molecular formula is C29H40BN3O5. The maximum absolute atomic E-state index is 13.4. The minimum absolute atomic E-state index is 0.00961. The zero-order valence-corrected chi connectivity index (χ0v) is 23.2. The largest absolute Gasteiger partial charge is 0.492 e. The van der Waals surface area contributed by atoms with E-state index in [9.17, 15) is 14.6 Å². The van der Waals surface area contributed by atoms with Crippen molar-refractivity contribution >= 4 is 24.5 Å². The highest BCUT2D eigenvalue weighted by Crippen LogP contribution is 2.24. The van der Waals surface area contributed by atoms with Gasteiger partial charge in [0.1, 0.15) is 12.6 Å². The van der Waals surface area contributed by atoms with Gasteiger partial charge in [0.2, 0.25) is 0 Å². The van der Waals surface area contributed by atoms with Crippen LogP contribution in [0.25, 0.3) is 0 Å². The lowest BCUT2D eigenvalue weighted by Gasteiger charge is -2.32. The molecule has 204 valence electrons. The summed E-state index contributed by atoms with van der Waals surface area (Å²) in [6.07, 6.45) is 0. The van der Waals surface area contributed by atoms with Crippen LogP contribution in [0.1, 0.15) is 66.2 Å². The number of nitrogens with one attached hydrogen (secondary N) is 1. The molecule has 38 heavy (non-hydrogen) atoms. The van der Waals surface area contributed by atoms with E-state index in [2.05, 4.69) is 34.3 Å². The lowest BCUT2D eigenvalue weighted by atomic mass is 9.72. The Balaban J connectivity index is 1.40. The molecule has 1 saturated heterocycles. The van der Waals surface area contributed by atoms with Crippen molar-refractivity contribution < 1.29 is 24.0 Å². The van der Waals surface area contributed by atoms with Crippen LogP contribution in [0.2, 0.25) is 0 Å². The molecule has 1 fully saturated rings. The van der Waals surface area contributed by atoms with Crippen molar-refractivity contribution in [2.45, 2.75) is 59.4 Å². The first-order valence-electron chi connectivity index (χ1n) is 13.6. The van der Waals surface area contributed by atoms with Gasteiger partial charge in [-0.2, -0.15) is 0 Å². The van der Waals surface area contributed by atoms with Crippen LogP contribution in [0, 0.1) is 5.92 Å². The fraction of sp³-hybridized carbons (Fsp3) is 0.517. The third-order valence-corrected chi connectivity index (χ3v) is 7.42. The van der Waals surface area contributed by atoms with E-state index in [0.717, 1.165) is 49.4 Å². The smallest absolute Gasteiger partial charge is 0.459 e. The fourth-order valence-electron chi connectivity index (χ4n) is 5.21. The van der Waals surface area contributed by atoms with Gasteiger partial charge in [0.25, 0.3) is 5.91 Å². The van der Waals surface area contributed by atoms with Crippen molar-refractivity contribution in [1.29, 1.82) is 0 Å². The monoisotopic (exact) mass is 521 g/mol. The summed E-state index contributed by atoms with van der Waals surface area (Å²) in [6, 6.07) is 10.9. The Bertz CT molecular complexity index is 1150. The van der Waals surface area contributed by atoms with Crippen LogP contribution >= 0.6 is 0 Å². The van der Waals surface area contributed by atoms with Crippen LogP contribution in [0.5, 0.6) is 0 Å². The number of nitrogens with zero attached hydrogens (tertiary/aromatic N) is 2. The van der Waals surface area contributed by atoms with Crippen molar-refractivity contribution in [1.82, 2.24) is 15.1 Å². The van der Waals surface area contributed by atoms with Crippen LogP contribution < -0.4 is 10.8 Å². The molecule has 0 bridgehead atoms. The minimum Gasteiger partial charge on any atom is -0.459 e. The van der Waals surface area contributed by atoms with Crippen molar-refractivity contribution in [3.05, 3.63) is 64.2 Å². The maximum Gasteiger partial charge on any atom is 0.492 e. The number of rotatable bonds is 9. The number of carbonyl (C=O) groups excluding carboxylic acids is 2. The van der Waals surface area contributed by atoms with Gasteiger partial charge in [0.05, 0.1) is 6.61 Å². The first-order chi connectivity index (χ1) is 18.1. The van der Waals surface area contributed by atoms with Crippen LogP contribution in [0.15, 0.2) is 36.4 Å². The van der Waals surface area contributed by atoms with Crippen molar-refractivity contribution in [2.24, 2.45) is 5.92 Å². The van der Waals surface area contributed by atoms with E-state index in [1.807, 2.05) is 45.9 Å². The Hall–Kier alpha value is -2.72. The average Bonchev–Trinajstić information content (AvgIpc) is 3.27. The Kier molecular flexibility index (Phi) is 9.25. The molecule has 0 unspecified atom stereocenters. The topological polar surface area (TPSA) is 91.3 Å². The molecule has 2 aromatic rings. The second-order valence-corrected chi connectivity index (χ2v) is 11.1. The third kappa shape index (κ3) is 6.64. The number of carbonyl (C=O) groups is 2. The molecule has 1 amide bonds. The van der Waals surface area contributed by atoms with E-state index >= 15 is 0 Å². The number of amides is 1. The van der Waals surface area contributed by atoms with Crippen LogP contribution in [0.4, 0.5) is 0 Å². The van der Waals surface area contributed by atoms with Gasteiger partial charge in [-0.1, -0.05) is 58.0 Å². The normalized spacial score (nSPS) is 17.1. The molecular weight excluding hydrogens is 481 g/mol. The highest BCUT2D eigenvalue weighted by molar-refractivity contribution is 6.62. The van der Waals surface area contributed by atoms with E-state index in [1.54, 1.807) is 6.07 Å². The number of hydrogen-bond acceptors (Lipinski definition) is 7. The van der Waals surface area contributed by atoms with E-state index < -0.39 is 19.1 Å². The summed E-state index contributed by atoms with van der Waals surface area (Å²) in [4.78, 5) is 31.3. The summed E-state index contributed by atoms with van der Waals surface area (Å²) >= 11 is 0. The first-order valence-corrected chi connectivity index (χ1v) is 13.6. The number of likely N-dealkylation sites (N-methyl/N-ethyl adjacent to an activating group) is 1. The molecule has 2 aliphatic rings. The number of benzene rings is 2. The van der Waals surface area contributed by atoms with Gasteiger partial charge in [0, 0.05) is 38.3 Å². The molecule has 9 heteroatoms. The zero-order valence-electron chi connectivity index (χ0n) is 23.2. The molecule has 2 aromatic carbocycles. The van der Waals surface area contributed by atoms with Gasteiger partial charge >= 0.3 is 13.1 Å². The number of piperazine rings is 1. The van der Waals surface area contributed by atoms with E-state index in [-0.39, 0.29) is 24.3 Å². The van der Waals surface area contributed by atoms with Gasteiger partial charge < -0.3 is 24.6 Å². The van der Waals surface area contributed by atoms with Gasteiger partial charge in [-0.05, 0) is 52.7 Å². The Morgan fingerprint density at radius 2 is 1.79 bits per heavy atom. The van der Waals surface area contributed by atoms with Crippen molar-refractivity contribution in [3.8, 4) is 0 Å². The SMILES string of the molecule is CC(C)c1c(C(=O)N[C@H](C(=O)OCc2cccc(CN3CCN(C)CC3)c2)C(C)C)ccc2c1B(O)OC2. The Morgan fingerprint density at radius 1 is 1.08 bits per heavy atom. The molecule has 4 rings (SSSR count). The second kappa shape index (κ2) is 12.4. The minimum atomic E-state index is -1.05. The predicted octanol–water partition coefficient (Wildman–Crippen LogP) is 2.27. The lowest BCUT2D eigenvalue weighted by Crippen LogP contribution is -2.46. The molecule has 8 nitrogen and oxygen atoms in total.